The van der Waals surface area contributed by atoms with Crippen LogP contribution in [0.4, 0.5) is 5.69 Å². The van der Waals surface area contributed by atoms with Gasteiger partial charge in [0.05, 0.1) is 13.2 Å². The van der Waals surface area contributed by atoms with Crippen LogP contribution in [0.5, 0.6) is 11.5 Å². The van der Waals surface area contributed by atoms with Crippen LogP contribution in [0.2, 0.25) is 0 Å². The number of hydrogen-bond donors (Lipinski definition) is 2. The van der Waals surface area contributed by atoms with E-state index in [9.17, 15) is 4.79 Å². The Morgan fingerprint density at radius 1 is 1.08 bits per heavy atom. The van der Waals surface area contributed by atoms with Gasteiger partial charge in [0.15, 0.2) is 11.5 Å². The third-order valence-electron chi connectivity index (χ3n) is 3.73. The minimum Gasteiger partial charge on any atom is -0.490 e. The van der Waals surface area contributed by atoms with Crippen LogP contribution < -0.4 is 14.8 Å². The fourth-order valence-corrected chi connectivity index (χ4v) is 2.53. The number of aromatic nitrogens is 4. The Hall–Kier alpha value is -3.42. The third-order valence-corrected chi connectivity index (χ3v) is 3.73. The average molecular weight is 337 g/mol. The van der Waals surface area contributed by atoms with E-state index in [2.05, 4.69) is 25.9 Å². The van der Waals surface area contributed by atoms with Crippen molar-refractivity contribution in [3.05, 3.63) is 48.0 Å². The number of amides is 1. The first-order valence-electron chi connectivity index (χ1n) is 7.84. The molecule has 1 aliphatic heterocycles. The van der Waals surface area contributed by atoms with Crippen molar-refractivity contribution >= 4 is 11.6 Å². The number of benzene rings is 2. The molecule has 0 unspecified atom stereocenters. The zero-order valence-electron chi connectivity index (χ0n) is 13.2. The zero-order chi connectivity index (χ0) is 17.1. The summed E-state index contributed by atoms with van der Waals surface area (Å²) in [7, 11) is 0. The summed E-state index contributed by atoms with van der Waals surface area (Å²) in [6.07, 6.45) is 0.833. The van der Waals surface area contributed by atoms with Gasteiger partial charge in [0.2, 0.25) is 5.82 Å². The smallest absolute Gasteiger partial charge is 0.255 e. The van der Waals surface area contributed by atoms with E-state index in [0.29, 0.717) is 47.4 Å². The van der Waals surface area contributed by atoms with E-state index in [0.717, 1.165) is 6.42 Å². The van der Waals surface area contributed by atoms with Crippen LogP contribution in [0, 0.1) is 0 Å². The Morgan fingerprint density at radius 3 is 2.80 bits per heavy atom. The largest absolute Gasteiger partial charge is 0.490 e. The molecule has 1 aliphatic rings. The van der Waals surface area contributed by atoms with Gasteiger partial charge in [0.25, 0.3) is 5.91 Å². The van der Waals surface area contributed by atoms with Gasteiger partial charge < -0.3 is 14.8 Å². The number of carbonyl (C=O) groups excluding carboxylic acids is 1. The number of nitrogens with one attached hydrogen (secondary N) is 2. The molecule has 126 valence electrons. The predicted molar refractivity (Wildman–Crippen MR) is 89.6 cm³/mol. The maximum absolute atomic E-state index is 12.5. The standard InChI is InChI=1S/C17H15N5O3/c23-17(12-4-1-3-11(9-12)16-19-21-22-20-16)18-13-5-6-14-15(10-13)25-8-2-7-24-14/h1,3-6,9-10H,2,7-8H2,(H,18,23)(H,19,20,21,22). The van der Waals surface area contributed by atoms with Gasteiger partial charge >= 0.3 is 0 Å². The summed E-state index contributed by atoms with van der Waals surface area (Å²) >= 11 is 0. The number of rotatable bonds is 3. The summed E-state index contributed by atoms with van der Waals surface area (Å²) in [6, 6.07) is 12.4. The highest BCUT2D eigenvalue weighted by molar-refractivity contribution is 6.05. The topological polar surface area (TPSA) is 102 Å². The number of hydrogen-bond acceptors (Lipinski definition) is 6. The van der Waals surface area contributed by atoms with E-state index < -0.39 is 0 Å². The van der Waals surface area contributed by atoms with Gasteiger partial charge in [-0.05, 0) is 29.5 Å². The van der Waals surface area contributed by atoms with Crippen LogP contribution in [0.3, 0.4) is 0 Å². The van der Waals surface area contributed by atoms with Crippen molar-refractivity contribution in [1.82, 2.24) is 20.6 Å². The van der Waals surface area contributed by atoms with E-state index in [1.165, 1.54) is 0 Å². The number of nitrogens with zero attached hydrogens (tertiary/aromatic N) is 3. The minimum atomic E-state index is -0.236. The fraction of sp³-hybridized carbons (Fsp3) is 0.176. The van der Waals surface area contributed by atoms with Crippen molar-refractivity contribution in [2.45, 2.75) is 6.42 Å². The van der Waals surface area contributed by atoms with Gasteiger partial charge in [-0.15, -0.1) is 10.2 Å². The molecule has 3 aromatic rings. The van der Waals surface area contributed by atoms with Crippen LogP contribution in [0.15, 0.2) is 42.5 Å². The molecular formula is C17H15N5O3. The lowest BCUT2D eigenvalue weighted by Gasteiger charge is -2.10. The molecule has 0 saturated carbocycles. The number of fused-ring (bicyclic) bond motifs is 1. The molecule has 8 nitrogen and oxygen atoms in total. The molecule has 2 heterocycles. The van der Waals surface area contributed by atoms with E-state index in [-0.39, 0.29) is 5.91 Å². The number of aromatic amines is 1. The van der Waals surface area contributed by atoms with Crippen molar-refractivity contribution in [3.8, 4) is 22.9 Å². The van der Waals surface area contributed by atoms with E-state index in [1.807, 2.05) is 6.07 Å². The zero-order valence-corrected chi connectivity index (χ0v) is 13.2. The molecule has 8 heteroatoms. The normalized spacial score (nSPS) is 13.1. The minimum absolute atomic E-state index is 0.236. The van der Waals surface area contributed by atoms with Crippen molar-refractivity contribution < 1.29 is 14.3 Å². The van der Waals surface area contributed by atoms with Crippen LogP contribution in [-0.4, -0.2) is 39.7 Å². The van der Waals surface area contributed by atoms with Gasteiger partial charge in [-0.1, -0.05) is 12.1 Å². The van der Waals surface area contributed by atoms with Crippen molar-refractivity contribution in [3.63, 3.8) is 0 Å². The first-order valence-corrected chi connectivity index (χ1v) is 7.84. The van der Waals surface area contributed by atoms with E-state index >= 15 is 0 Å². The van der Waals surface area contributed by atoms with Gasteiger partial charge in [-0.3, -0.25) is 4.79 Å². The maximum atomic E-state index is 12.5. The fourth-order valence-electron chi connectivity index (χ4n) is 2.53. The Morgan fingerprint density at radius 2 is 1.96 bits per heavy atom. The highest BCUT2D eigenvalue weighted by Crippen LogP contribution is 2.32. The first kappa shape index (κ1) is 15.1. The highest BCUT2D eigenvalue weighted by atomic mass is 16.5. The lowest BCUT2D eigenvalue weighted by Crippen LogP contribution is -2.12. The van der Waals surface area contributed by atoms with Crippen molar-refractivity contribution in [2.24, 2.45) is 0 Å². The molecule has 2 N–H and O–H groups in total. The second-order valence-electron chi connectivity index (χ2n) is 5.48. The monoisotopic (exact) mass is 337 g/mol. The second kappa shape index (κ2) is 6.60. The number of H-pyrrole nitrogens is 1. The predicted octanol–water partition coefficient (Wildman–Crippen LogP) is 2.28. The summed E-state index contributed by atoms with van der Waals surface area (Å²) in [5.41, 5.74) is 1.84. The Balaban J connectivity index is 1.54. The van der Waals surface area contributed by atoms with Gasteiger partial charge in [-0.25, -0.2) is 0 Å². The number of carbonyl (C=O) groups is 1. The molecule has 4 rings (SSSR count). The van der Waals surface area contributed by atoms with Gasteiger partial charge in [0.1, 0.15) is 0 Å². The lowest BCUT2D eigenvalue weighted by atomic mass is 10.1. The quantitative estimate of drug-likeness (QED) is 0.760. The lowest BCUT2D eigenvalue weighted by molar-refractivity contribution is 0.102. The number of ether oxygens (including phenoxy) is 2. The molecule has 0 saturated heterocycles. The molecule has 2 aromatic carbocycles. The van der Waals surface area contributed by atoms with Crippen molar-refractivity contribution in [2.75, 3.05) is 18.5 Å². The van der Waals surface area contributed by atoms with Crippen LogP contribution in [0.25, 0.3) is 11.4 Å². The van der Waals surface area contributed by atoms with Gasteiger partial charge in [-0.2, -0.15) is 5.21 Å². The van der Waals surface area contributed by atoms with Crippen molar-refractivity contribution in [1.29, 1.82) is 0 Å². The number of anilines is 1. The van der Waals surface area contributed by atoms with E-state index in [4.69, 9.17) is 9.47 Å². The van der Waals surface area contributed by atoms with Crippen LogP contribution in [0.1, 0.15) is 16.8 Å². The highest BCUT2D eigenvalue weighted by Gasteiger charge is 2.13. The molecule has 1 amide bonds. The SMILES string of the molecule is O=C(Nc1ccc2c(c1)OCCCO2)c1cccc(-c2nn[nH]n2)c1. The molecule has 0 fully saturated rings. The summed E-state index contributed by atoms with van der Waals surface area (Å²) in [4.78, 5) is 12.5. The van der Waals surface area contributed by atoms with Crippen LogP contribution in [-0.2, 0) is 0 Å². The van der Waals surface area contributed by atoms with E-state index in [1.54, 1.807) is 36.4 Å². The number of tetrazole rings is 1. The second-order valence-corrected chi connectivity index (χ2v) is 5.48. The molecule has 0 radical (unpaired) electrons. The maximum Gasteiger partial charge on any atom is 0.255 e. The first-order chi connectivity index (χ1) is 12.3. The Labute approximate surface area is 143 Å². The summed E-state index contributed by atoms with van der Waals surface area (Å²) < 4.78 is 11.2. The van der Waals surface area contributed by atoms with Gasteiger partial charge in [0, 0.05) is 29.3 Å². The Kier molecular flexibility index (Phi) is 3.99. The average Bonchev–Trinajstić information content (AvgIpc) is 3.08. The third kappa shape index (κ3) is 3.27. The summed E-state index contributed by atoms with van der Waals surface area (Å²) in [6.45, 7) is 1.22. The molecule has 0 bridgehead atoms. The Bertz CT molecular complexity index is 895. The van der Waals surface area contributed by atoms with Crippen LogP contribution >= 0.6 is 0 Å². The molecule has 1 aromatic heterocycles. The summed E-state index contributed by atoms with van der Waals surface area (Å²) in [5.74, 6) is 1.52. The molecular weight excluding hydrogens is 322 g/mol. The summed E-state index contributed by atoms with van der Waals surface area (Å²) in [5, 5.41) is 16.6. The molecule has 25 heavy (non-hydrogen) atoms. The molecule has 0 aliphatic carbocycles. The molecule has 0 spiro atoms. The molecule has 0 atom stereocenters.